The monoisotopic (exact) mass is 428 g/mol. The minimum atomic E-state index is -0.476. The molecule has 0 saturated heterocycles. The van der Waals surface area contributed by atoms with E-state index in [2.05, 4.69) is 10.3 Å². The molecule has 2 aromatic heterocycles. The van der Waals surface area contributed by atoms with Gasteiger partial charge in [0, 0.05) is 11.8 Å². The van der Waals surface area contributed by atoms with Crippen LogP contribution < -0.4 is 20.4 Å². The topological polar surface area (TPSA) is 73.6 Å². The lowest BCUT2D eigenvalue weighted by atomic mass is 10.3. The van der Waals surface area contributed by atoms with Gasteiger partial charge in [-0.25, -0.2) is 4.79 Å². The van der Waals surface area contributed by atoms with Crippen LogP contribution in [0.15, 0.2) is 100 Å². The number of nitrogens with zero attached hydrogens (tertiary/aromatic N) is 1. The van der Waals surface area contributed by atoms with E-state index in [1.54, 1.807) is 6.07 Å². The predicted molar refractivity (Wildman–Crippen MR) is 121 cm³/mol. The second-order valence-corrected chi connectivity index (χ2v) is 7.56. The van der Waals surface area contributed by atoms with Gasteiger partial charge in [-0.05, 0) is 48.5 Å². The first-order valence-electron chi connectivity index (χ1n) is 9.50. The van der Waals surface area contributed by atoms with E-state index in [1.807, 2.05) is 84.9 Å². The highest BCUT2D eigenvalue weighted by atomic mass is 32.1. The van der Waals surface area contributed by atoms with Gasteiger partial charge >= 0.3 is 11.6 Å². The van der Waals surface area contributed by atoms with Gasteiger partial charge in [0.25, 0.3) is 0 Å². The van der Waals surface area contributed by atoms with Crippen molar-refractivity contribution in [3.05, 3.63) is 101 Å². The van der Waals surface area contributed by atoms with E-state index in [0.717, 1.165) is 5.75 Å². The fourth-order valence-corrected chi connectivity index (χ4v) is 3.80. The smallest absolute Gasteiger partial charge is 0.349 e. The highest BCUT2D eigenvalue weighted by Gasteiger charge is 2.12. The zero-order valence-electron chi connectivity index (χ0n) is 16.1. The van der Waals surface area contributed by atoms with Crippen LogP contribution in [0.3, 0.4) is 0 Å². The summed E-state index contributed by atoms with van der Waals surface area (Å²) < 4.78 is 16.9. The molecular formula is C24H16N2O4S. The number of ether oxygens (including phenoxy) is 2. The Kier molecular flexibility index (Phi) is 5.08. The van der Waals surface area contributed by atoms with Gasteiger partial charge in [-0.3, -0.25) is 0 Å². The first-order valence-corrected chi connectivity index (χ1v) is 10.3. The van der Waals surface area contributed by atoms with Crippen molar-refractivity contribution in [1.82, 2.24) is 4.98 Å². The quantitative estimate of drug-likeness (QED) is 0.329. The highest BCUT2D eigenvalue weighted by Crippen LogP contribution is 2.33. The lowest BCUT2D eigenvalue weighted by Crippen LogP contribution is -2.03. The molecule has 6 nitrogen and oxygen atoms in total. The zero-order valence-corrected chi connectivity index (χ0v) is 17.0. The highest BCUT2D eigenvalue weighted by molar-refractivity contribution is 7.20. The Morgan fingerprint density at radius 3 is 2.06 bits per heavy atom. The summed E-state index contributed by atoms with van der Waals surface area (Å²) in [5, 5.41) is 3.97. The molecule has 31 heavy (non-hydrogen) atoms. The number of hydrogen-bond acceptors (Lipinski definition) is 7. The molecule has 5 rings (SSSR count). The van der Waals surface area contributed by atoms with E-state index < -0.39 is 5.63 Å². The number of thiophene rings is 1. The minimum absolute atomic E-state index is 0.113. The fourth-order valence-electron chi connectivity index (χ4n) is 2.91. The van der Waals surface area contributed by atoms with E-state index in [0.29, 0.717) is 32.5 Å². The molecule has 0 atom stereocenters. The van der Waals surface area contributed by atoms with Gasteiger partial charge < -0.3 is 19.2 Å². The summed E-state index contributed by atoms with van der Waals surface area (Å²) in [4.78, 5) is 17.3. The van der Waals surface area contributed by atoms with Gasteiger partial charge in [0.05, 0.1) is 0 Å². The average molecular weight is 428 g/mol. The molecule has 1 N–H and O–H groups in total. The molecule has 0 aliphatic rings. The summed E-state index contributed by atoms with van der Waals surface area (Å²) in [5.74, 6) is 2.14. The van der Waals surface area contributed by atoms with Gasteiger partial charge in [-0.1, -0.05) is 47.7 Å². The van der Waals surface area contributed by atoms with Crippen LogP contribution in [0.1, 0.15) is 0 Å². The summed E-state index contributed by atoms with van der Waals surface area (Å²) in [7, 11) is 0. The fraction of sp³-hybridized carbons (Fsp3) is 0. The van der Waals surface area contributed by atoms with Crippen molar-refractivity contribution in [2.45, 2.75) is 0 Å². The number of rotatable bonds is 6. The third kappa shape index (κ3) is 4.41. The van der Waals surface area contributed by atoms with Crippen molar-refractivity contribution < 1.29 is 13.9 Å². The lowest BCUT2D eigenvalue weighted by molar-refractivity contribution is 0.482. The van der Waals surface area contributed by atoms with E-state index in [4.69, 9.17) is 13.9 Å². The van der Waals surface area contributed by atoms with Gasteiger partial charge in [0.2, 0.25) is 0 Å². The molecule has 0 aliphatic heterocycles. The molecule has 3 aromatic carbocycles. The van der Waals surface area contributed by atoms with Gasteiger partial charge in [-0.15, -0.1) is 0 Å². The molecule has 0 aliphatic carbocycles. The summed E-state index contributed by atoms with van der Waals surface area (Å²) in [6, 6.07) is 27.9. The zero-order chi connectivity index (χ0) is 21.0. The average Bonchev–Trinajstić information content (AvgIpc) is 3.19. The molecule has 2 heterocycles. The number of benzene rings is 3. The van der Waals surface area contributed by atoms with Crippen LogP contribution in [0.5, 0.6) is 22.3 Å². The van der Waals surface area contributed by atoms with Crippen LogP contribution in [0.2, 0.25) is 0 Å². The van der Waals surface area contributed by atoms with Crippen molar-refractivity contribution in [2.75, 3.05) is 5.32 Å². The number of anilines is 2. The van der Waals surface area contributed by atoms with Crippen LogP contribution in [0.4, 0.5) is 11.7 Å². The Hall–Kier alpha value is -4.10. The maximum Gasteiger partial charge on any atom is 0.349 e. The van der Waals surface area contributed by atoms with Gasteiger partial charge in [-0.2, -0.15) is 4.98 Å². The van der Waals surface area contributed by atoms with Crippen LogP contribution >= 0.6 is 11.3 Å². The number of aromatic nitrogens is 1. The van der Waals surface area contributed by atoms with Crippen LogP contribution in [-0.4, -0.2) is 4.98 Å². The van der Waals surface area contributed by atoms with Crippen molar-refractivity contribution in [3.63, 3.8) is 0 Å². The molecule has 0 unspecified atom stereocenters. The Morgan fingerprint density at radius 1 is 0.774 bits per heavy atom. The van der Waals surface area contributed by atoms with Crippen molar-refractivity contribution in [2.24, 2.45) is 0 Å². The molecule has 0 saturated carbocycles. The number of fused-ring (bicyclic) bond motifs is 1. The molecule has 5 aromatic rings. The molecule has 0 radical (unpaired) electrons. The molecule has 152 valence electrons. The van der Waals surface area contributed by atoms with Crippen LogP contribution in [-0.2, 0) is 0 Å². The predicted octanol–water partition coefficient (Wildman–Crippen LogP) is 6.58. The van der Waals surface area contributed by atoms with Gasteiger partial charge in [0.15, 0.2) is 5.06 Å². The summed E-state index contributed by atoms with van der Waals surface area (Å²) >= 11 is 1.28. The first kappa shape index (κ1) is 18.9. The largest absolute Gasteiger partial charge is 0.457 e. The SMILES string of the molecule is O=c1oc(Nc2ccc(Oc3ccccc3)cc2)nc2sc(Oc3ccccc3)cc12. The molecule has 0 amide bonds. The van der Waals surface area contributed by atoms with Crippen LogP contribution in [0, 0.1) is 0 Å². The molecular weight excluding hydrogens is 412 g/mol. The number of hydrogen-bond donors (Lipinski definition) is 1. The number of nitrogens with one attached hydrogen (secondary N) is 1. The van der Waals surface area contributed by atoms with Gasteiger partial charge in [0.1, 0.15) is 27.5 Å². The standard InChI is InChI=1S/C24H16N2O4S/c27-23-20-15-21(29-18-9-5-2-6-10-18)31-22(20)26-24(30-23)25-16-11-13-19(14-12-16)28-17-7-3-1-4-8-17/h1-15H,(H,25,26). The summed E-state index contributed by atoms with van der Waals surface area (Å²) in [5.41, 5.74) is 0.239. The minimum Gasteiger partial charge on any atom is -0.457 e. The van der Waals surface area contributed by atoms with E-state index in [9.17, 15) is 4.79 Å². The van der Waals surface area contributed by atoms with E-state index >= 15 is 0 Å². The molecule has 0 bridgehead atoms. The Balaban J connectivity index is 1.33. The number of para-hydroxylation sites is 2. The van der Waals surface area contributed by atoms with Crippen molar-refractivity contribution in [1.29, 1.82) is 0 Å². The maximum atomic E-state index is 12.4. The summed E-state index contributed by atoms with van der Waals surface area (Å²) in [6.45, 7) is 0. The van der Waals surface area contributed by atoms with Crippen LogP contribution in [0.25, 0.3) is 10.2 Å². The Labute approximate surface area is 181 Å². The Bertz CT molecular complexity index is 1360. The third-order valence-electron chi connectivity index (χ3n) is 4.35. The molecule has 7 heteroatoms. The van der Waals surface area contributed by atoms with Crippen molar-refractivity contribution in [3.8, 4) is 22.3 Å². The lowest BCUT2D eigenvalue weighted by Gasteiger charge is -2.07. The normalized spacial score (nSPS) is 10.7. The molecule has 0 spiro atoms. The first-order chi connectivity index (χ1) is 15.2. The Morgan fingerprint density at radius 2 is 1.39 bits per heavy atom. The second kappa shape index (κ2) is 8.33. The molecule has 0 fully saturated rings. The third-order valence-corrected chi connectivity index (χ3v) is 5.26. The van der Waals surface area contributed by atoms with Crippen molar-refractivity contribution >= 4 is 33.3 Å². The summed E-state index contributed by atoms with van der Waals surface area (Å²) in [6.07, 6.45) is 0. The van der Waals surface area contributed by atoms with E-state index in [1.165, 1.54) is 11.3 Å². The van der Waals surface area contributed by atoms with E-state index in [-0.39, 0.29) is 6.01 Å². The second-order valence-electron chi connectivity index (χ2n) is 6.57. The maximum absolute atomic E-state index is 12.4.